The highest BCUT2D eigenvalue weighted by Gasteiger charge is 2.08. The Morgan fingerprint density at radius 3 is 2.52 bits per heavy atom. The zero-order valence-electron chi connectivity index (χ0n) is 12.1. The molecule has 0 saturated heterocycles. The maximum absolute atomic E-state index is 11.4. The van der Waals surface area contributed by atoms with E-state index >= 15 is 0 Å². The largest absolute Gasteiger partial charge is 0.311 e. The van der Waals surface area contributed by atoms with Gasteiger partial charge in [0.1, 0.15) is 0 Å². The van der Waals surface area contributed by atoms with Crippen LogP contribution in [0.5, 0.6) is 0 Å². The number of sulfone groups is 1. The van der Waals surface area contributed by atoms with E-state index in [2.05, 4.69) is 29.8 Å². The van der Waals surface area contributed by atoms with Crippen LogP contribution in [0.3, 0.4) is 0 Å². The molecular weight excluding hydrogens is 322 g/mol. The number of nitrogens with one attached hydrogen (secondary N) is 1. The highest BCUT2D eigenvalue weighted by Crippen LogP contribution is 2.24. The Balaban J connectivity index is 1.81. The van der Waals surface area contributed by atoms with Crippen molar-refractivity contribution >= 4 is 32.9 Å². The van der Waals surface area contributed by atoms with Gasteiger partial charge in [-0.15, -0.1) is 23.1 Å². The summed E-state index contributed by atoms with van der Waals surface area (Å²) in [7, 11) is -3.11. The molecular formula is C15H19NO2S3. The van der Waals surface area contributed by atoms with Gasteiger partial charge in [0.15, 0.2) is 9.84 Å². The Morgan fingerprint density at radius 1 is 1.24 bits per heavy atom. The van der Waals surface area contributed by atoms with E-state index in [1.165, 1.54) is 11.1 Å². The lowest BCUT2D eigenvalue weighted by molar-refractivity contribution is 0.602. The fourth-order valence-electron chi connectivity index (χ4n) is 1.85. The molecule has 1 atom stereocenters. The summed E-state index contributed by atoms with van der Waals surface area (Å²) in [5.41, 5.74) is 0. The summed E-state index contributed by atoms with van der Waals surface area (Å²) >= 11 is 3.50. The molecule has 6 heteroatoms. The van der Waals surface area contributed by atoms with Gasteiger partial charge < -0.3 is 5.32 Å². The van der Waals surface area contributed by atoms with E-state index < -0.39 is 9.84 Å². The molecule has 0 saturated carbocycles. The van der Waals surface area contributed by atoms with Crippen LogP contribution < -0.4 is 5.32 Å². The Kier molecular flexibility index (Phi) is 5.87. The van der Waals surface area contributed by atoms with Crippen LogP contribution in [0.4, 0.5) is 0 Å². The van der Waals surface area contributed by atoms with E-state index in [1.807, 2.05) is 12.1 Å². The lowest BCUT2D eigenvalue weighted by atomic mass is 10.4. The van der Waals surface area contributed by atoms with E-state index in [0.29, 0.717) is 10.1 Å². The third kappa shape index (κ3) is 5.47. The minimum Gasteiger partial charge on any atom is -0.311 e. The summed E-state index contributed by atoms with van der Waals surface area (Å²) in [5.74, 6) is 0. The topological polar surface area (TPSA) is 46.2 Å². The first kappa shape index (κ1) is 16.5. The summed E-state index contributed by atoms with van der Waals surface area (Å²) in [6.07, 6.45) is 1.23. The molecule has 0 bridgehead atoms. The summed E-state index contributed by atoms with van der Waals surface area (Å²) in [6.45, 7) is 3.97. The fourth-order valence-corrected chi connectivity index (χ4v) is 4.12. The van der Waals surface area contributed by atoms with Crippen molar-refractivity contribution in [1.82, 2.24) is 5.32 Å². The van der Waals surface area contributed by atoms with Crippen LogP contribution in [0.15, 0.2) is 51.6 Å². The van der Waals surface area contributed by atoms with Crippen molar-refractivity contribution in [2.45, 2.75) is 28.5 Å². The smallest absolute Gasteiger partial charge is 0.175 e. The molecule has 1 N–H and O–H groups in total. The minimum absolute atomic E-state index is 0.371. The van der Waals surface area contributed by atoms with Gasteiger partial charge in [0.05, 0.1) is 4.90 Å². The van der Waals surface area contributed by atoms with Gasteiger partial charge in [-0.3, -0.25) is 0 Å². The van der Waals surface area contributed by atoms with Gasteiger partial charge in [-0.25, -0.2) is 8.42 Å². The number of thioether (sulfide) groups is 1. The summed E-state index contributed by atoms with van der Waals surface area (Å²) in [6, 6.07) is 11.3. The molecule has 0 amide bonds. The second kappa shape index (κ2) is 7.45. The second-order valence-electron chi connectivity index (χ2n) is 4.88. The average molecular weight is 342 g/mol. The first-order valence-electron chi connectivity index (χ1n) is 6.65. The average Bonchev–Trinajstić information content (AvgIpc) is 2.91. The van der Waals surface area contributed by atoms with Crippen molar-refractivity contribution in [3.63, 3.8) is 0 Å². The lowest BCUT2D eigenvalue weighted by Gasteiger charge is -2.12. The number of thiophene rings is 1. The van der Waals surface area contributed by atoms with Crippen LogP contribution in [0.2, 0.25) is 0 Å². The molecule has 0 spiro atoms. The molecule has 0 aliphatic rings. The molecule has 0 aliphatic heterocycles. The summed E-state index contributed by atoms with van der Waals surface area (Å²) in [5, 5.41) is 5.94. The summed E-state index contributed by atoms with van der Waals surface area (Å²) in [4.78, 5) is 2.80. The highest BCUT2D eigenvalue weighted by molar-refractivity contribution is 8.00. The van der Waals surface area contributed by atoms with E-state index in [1.54, 1.807) is 35.2 Å². The predicted octanol–water partition coefficient (Wildman–Crippen LogP) is 3.42. The molecule has 0 fully saturated rings. The van der Waals surface area contributed by atoms with Crippen LogP contribution in [-0.4, -0.2) is 26.5 Å². The summed E-state index contributed by atoms with van der Waals surface area (Å²) < 4.78 is 22.8. The third-order valence-corrected chi connectivity index (χ3v) is 6.02. The van der Waals surface area contributed by atoms with Gasteiger partial charge in [-0.1, -0.05) is 13.0 Å². The zero-order chi connectivity index (χ0) is 15.3. The predicted molar refractivity (Wildman–Crippen MR) is 90.9 cm³/mol. The molecule has 0 radical (unpaired) electrons. The van der Waals surface area contributed by atoms with Crippen molar-refractivity contribution in [1.29, 1.82) is 0 Å². The first-order chi connectivity index (χ1) is 9.95. The van der Waals surface area contributed by atoms with E-state index in [9.17, 15) is 8.42 Å². The number of hydrogen-bond acceptors (Lipinski definition) is 5. The van der Waals surface area contributed by atoms with Gasteiger partial charge in [0, 0.05) is 34.4 Å². The minimum atomic E-state index is -3.11. The molecule has 2 aromatic rings. The van der Waals surface area contributed by atoms with Crippen LogP contribution in [0.1, 0.15) is 11.8 Å². The molecule has 1 heterocycles. The maximum atomic E-state index is 11.4. The zero-order valence-corrected chi connectivity index (χ0v) is 14.5. The van der Waals surface area contributed by atoms with E-state index in [-0.39, 0.29) is 0 Å². The van der Waals surface area contributed by atoms with E-state index in [4.69, 9.17) is 0 Å². The van der Waals surface area contributed by atoms with Crippen molar-refractivity contribution in [2.75, 3.05) is 12.8 Å². The van der Waals surface area contributed by atoms with Crippen LogP contribution in [-0.2, 0) is 16.4 Å². The molecule has 1 unspecified atom stereocenters. The van der Waals surface area contributed by atoms with Gasteiger partial charge in [0.2, 0.25) is 0 Å². The van der Waals surface area contributed by atoms with Gasteiger partial charge in [0.25, 0.3) is 0 Å². The number of hydrogen-bond donors (Lipinski definition) is 1. The number of benzene rings is 1. The highest BCUT2D eigenvalue weighted by atomic mass is 32.2. The van der Waals surface area contributed by atoms with Crippen molar-refractivity contribution in [2.24, 2.45) is 0 Å². The molecule has 21 heavy (non-hydrogen) atoms. The quantitative estimate of drug-likeness (QED) is 0.784. The van der Waals surface area contributed by atoms with Gasteiger partial charge >= 0.3 is 0 Å². The van der Waals surface area contributed by atoms with Crippen LogP contribution >= 0.6 is 23.1 Å². The van der Waals surface area contributed by atoms with Gasteiger partial charge in [-0.2, -0.15) is 0 Å². The fraction of sp³-hybridized carbons (Fsp3) is 0.333. The van der Waals surface area contributed by atoms with Crippen molar-refractivity contribution < 1.29 is 8.42 Å². The standard InChI is InChI=1S/C15H19NO2S3/c1-12(10-16-11-14-4-3-9-19-14)20-13-5-7-15(8-6-13)21(2,17)18/h3-9,12,16H,10-11H2,1-2H3. The van der Waals surface area contributed by atoms with E-state index in [0.717, 1.165) is 18.0 Å². The first-order valence-corrected chi connectivity index (χ1v) is 10.3. The Labute approximate surface area is 134 Å². The normalized spacial score (nSPS) is 13.2. The Hall–Kier alpha value is -0.820. The molecule has 2 rings (SSSR count). The molecule has 1 aromatic heterocycles. The maximum Gasteiger partial charge on any atom is 0.175 e. The van der Waals surface area contributed by atoms with Crippen LogP contribution in [0.25, 0.3) is 0 Å². The van der Waals surface area contributed by atoms with Crippen LogP contribution in [0, 0.1) is 0 Å². The lowest BCUT2D eigenvalue weighted by Crippen LogP contribution is -2.21. The van der Waals surface area contributed by atoms with Gasteiger partial charge in [-0.05, 0) is 35.7 Å². The number of rotatable bonds is 7. The third-order valence-electron chi connectivity index (χ3n) is 2.90. The molecule has 114 valence electrons. The van der Waals surface area contributed by atoms with Crippen molar-refractivity contribution in [3.8, 4) is 0 Å². The monoisotopic (exact) mass is 341 g/mol. The van der Waals surface area contributed by atoms with Crippen molar-refractivity contribution in [3.05, 3.63) is 46.7 Å². The Morgan fingerprint density at radius 2 is 1.95 bits per heavy atom. The molecule has 1 aromatic carbocycles. The Bertz CT molecular complexity index is 649. The SMILES string of the molecule is CC(CNCc1cccs1)Sc1ccc(S(C)(=O)=O)cc1. The molecule has 0 aliphatic carbocycles. The molecule has 3 nitrogen and oxygen atoms in total. The second-order valence-corrected chi connectivity index (χ2v) is 9.44.